The number of imidazole rings is 1. The second kappa shape index (κ2) is 7.14. The van der Waals surface area contributed by atoms with E-state index in [2.05, 4.69) is 19.9 Å². The largest absolute Gasteiger partial charge is 0.417 e. The fourth-order valence-corrected chi connectivity index (χ4v) is 5.58. The van der Waals surface area contributed by atoms with Crippen LogP contribution in [0.5, 0.6) is 0 Å². The molecule has 2 aliphatic heterocycles. The van der Waals surface area contributed by atoms with Crippen molar-refractivity contribution in [1.82, 2.24) is 23.7 Å². The van der Waals surface area contributed by atoms with Gasteiger partial charge in [0.15, 0.2) is 5.82 Å². The molecule has 3 aromatic rings. The third-order valence-electron chi connectivity index (χ3n) is 6.18. The number of hydrogen-bond donors (Lipinski definition) is 0. The summed E-state index contributed by atoms with van der Waals surface area (Å²) in [5, 5.41) is 0. The van der Waals surface area contributed by atoms with E-state index >= 15 is 0 Å². The van der Waals surface area contributed by atoms with Gasteiger partial charge in [-0.3, -0.25) is 4.40 Å². The van der Waals surface area contributed by atoms with E-state index in [1.165, 1.54) is 27.2 Å². The molecule has 5 rings (SSSR count). The van der Waals surface area contributed by atoms with Gasteiger partial charge >= 0.3 is 6.18 Å². The van der Waals surface area contributed by atoms with Crippen molar-refractivity contribution in [2.24, 2.45) is 5.41 Å². The fourth-order valence-electron chi connectivity index (χ4n) is 4.56. The zero-order valence-corrected chi connectivity index (χ0v) is 18.1. The molecule has 0 unspecified atom stereocenters. The first-order valence-electron chi connectivity index (χ1n) is 10.1. The molecule has 0 aromatic carbocycles. The maximum Gasteiger partial charge on any atom is 0.417 e. The normalized spacial score (nSPS) is 19.4. The second-order valence-corrected chi connectivity index (χ2v) is 10.6. The number of anilines is 1. The summed E-state index contributed by atoms with van der Waals surface area (Å²) in [4.78, 5) is 15.2. The fraction of sp³-hybridized carbons (Fsp3) is 0.450. The van der Waals surface area contributed by atoms with Crippen molar-refractivity contribution < 1.29 is 21.6 Å². The Morgan fingerprint density at radius 2 is 1.88 bits per heavy atom. The zero-order chi connectivity index (χ0) is 22.7. The molecular weight excluding hydrogens is 445 g/mol. The first-order chi connectivity index (χ1) is 15.0. The molecule has 170 valence electrons. The van der Waals surface area contributed by atoms with Crippen LogP contribution in [0.1, 0.15) is 18.4 Å². The summed E-state index contributed by atoms with van der Waals surface area (Å²) >= 11 is 0. The molecule has 0 saturated carbocycles. The predicted molar refractivity (Wildman–Crippen MR) is 112 cm³/mol. The Hall–Kier alpha value is -2.73. The molecule has 2 fully saturated rings. The lowest BCUT2D eigenvalue weighted by Crippen LogP contribution is -2.64. The minimum atomic E-state index is -4.47. The van der Waals surface area contributed by atoms with Crippen LogP contribution < -0.4 is 4.90 Å². The number of sulfonamides is 1. The number of hydrogen-bond acceptors (Lipinski definition) is 6. The molecule has 2 aliphatic rings. The van der Waals surface area contributed by atoms with E-state index in [9.17, 15) is 21.6 Å². The molecule has 3 aromatic heterocycles. The van der Waals surface area contributed by atoms with Gasteiger partial charge in [0.25, 0.3) is 0 Å². The maximum atomic E-state index is 13.2. The molecule has 5 heterocycles. The second-order valence-electron chi connectivity index (χ2n) is 8.58. The predicted octanol–water partition coefficient (Wildman–Crippen LogP) is 2.67. The summed E-state index contributed by atoms with van der Waals surface area (Å²) in [6.45, 7) is 2.42. The third kappa shape index (κ3) is 3.71. The van der Waals surface area contributed by atoms with Crippen LogP contribution in [0.25, 0.3) is 17.2 Å². The summed E-state index contributed by atoms with van der Waals surface area (Å²) in [5.41, 5.74) is -0.142. The van der Waals surface area contributed by atoms with Crippen LogP contribution in [0, 0.1) is 5.41 Å². The number of pyridine rings is 1. The van der Waals surface area contributed by atoms with E-state index < -0.39 is 21.8 Å². The molecule has 0 atom stereocenters. The van der Waals surface area contributed by atoms with E-state index in [-0.39, 0.29) is 11.2 Å². The summed E-state index contributed by atoms with van der Waals surface area (Å²) in [5.74, 6) is 0.939. The minimum Gasteiger partial charge on any atom is -0.356 e. The van der Waals surface area contributed by atoms with Gasteiger partial charge in [0.2, 0.25) is 10.0 Å². The molecule has 0 bridgehead atoms. The molecule has 1 spiro atoms. The highest BCUT2D eigenvalue weighted by Crippen LogP contribution is 2.41. The molecular formula is C20H21F3N6O2S. The van der Waals surface area contributed by atoms with Gasteiger partial charge in [-0.1, -0.05) is 0 Å². The lowest BCUT2D eigenvalue weighted by molar-refractivity contribution is -0.137. The highest BCUT2D eigenvalue weighted by atomic mass is 32.2. The average molecular weight is 466 g/mol. The van der Waals surface area contributed by atoms with E-state index in [0.717, 1.165) is 31.6 Å². The molecule has 8 nitrogen and oxygen atoms in total. The van der Waals surface area contributed by atoms with E-state index in [1.54, 1.807) is 12.3 Å². The van der Waals surface area contributed by atoms with Crippen LogP contribution in [-0.4, -0.2) is 64.5 Å². The van der Waals surface area contributed by atoms with E-state index in [1.807, 2.05) is 0 Å². The Labute approximate surface area is 182 Å². The van der Waals surface area contributed by atoms with Crippen molar-refractivity contribution >= 4 is 21.5 Å². The Morgan fingerprint density at radius 1 is 1.09 bits per heavy atom. The van der Waals surface area contributed by atoms with Crippen molar-refractivity contribution in [3.8, 4) is 11.5 Å². The number of halogens is 3. The molecule has 0 radical (unpaired) electrons. The molecule has 0 N–H and O–H groups in total. The summed E-state index contributed by atoms with van der Waals surface area (Å²) < 4.78 is 65.9. The van der Waals surface area contributed by atoms with Gasteiger partial charge in [0, 0.05) is 44.0 Å². The number of fused-ring (bicyclic) bond motifs is 1. The summed E-state index contributed by atoms with van der Waals surface area (Å²) in [6.07, 6.45) is 2.64. The zero-order valence-electron chi connectivity index (χ0n) is 17.2. The highest BCUT2D eigenvalue weighted by molar-refractivity contribution is 7.88. The average Bonchev–Trinajstić information content (AvgIpc) is 3.14. The van der Waals surface area contributed by atoms with Gasteiger partial charge in [-0.15, -0.1) is 0 Å². The van der Waals surface area contributed by atoms with Gasteiger partial charge in [0.1, 0.15) is 17.2 Å². The molecule has 2 saturated heterocycles. The minimum absolute atomic E-state index is 0.0998. The van der Waals surface area contributed by atoms with Crippen LogP contribution in [0.2, 0.25) is 0 Å². The number of piperidine rings is 1. The van der Waals surface area contributed by atoms with Crippen molar-refractivity contribution in [3.05, 3.63) is 42.4 Å². The number of rotatable bonds is 3. The number of aromatic nitrogens is 4. The quantitative estimate of drug-likeness (QED) is 0.590. The van der Waals surface area contributed by atoms with Crippen LogP contribution in [0.3, 0.4) is 0 Å². The van der Waals surface area contributed by atoms with Crippen LogP contribution in [0.4, 0.5) is 19.0 Å². The Balaban J connectivity index is 1.43. The Morgan fingerprint density at radius 3 is 2.59 bits per heavy atom. The van der Waals surface area contributed by atoms with Crippen LogP contribution in [0.15, 0.2) is 36.8 Å². The topological polar surface area (TPSA) is 83.7 Å². The van der Waals surface area contributed by atoms with Gasteiger partial charge in [-0.25, -0.2) is 27.7 Å². The first-order valence-corrected chi connectivity index (χ1v) is 12.0. The molecule has 32 heavy (non-hydrogen) atoms. The first kappa shape index (κ1) is 21.1. The van der Waals surface area contributed by atoms with Gasteiger partial charge in [-0.05, 0) is 31.0 Å². The summed E-state index contributed by atoms with van der Waals surface area (Å²) in [7, 11) is -3.20. The van der Waals surface area contributed by atoms with Crippen LogP contribution >= 0.6 is 0 Å². The van der Waals surface area contributed by atoms with E-state index in [4.69, 9.17) is 0 Å². The van der Waals surface area contributed by atoms with Gasteiger partial charge in [0.05, 0.1) is 18.0 Å². The SMILES string of the molecule is CS(=O)(=O)N1CC2(CCCN(c3ccnc(-c4cnc5ccc(C(F)(F)F)cn45)n3)C2)C1. The van der Waals surface area contributed by atoms with Crippen molar-refractivity contribution in [1.29, 1.82) is 0 Å². The highest BCUT2D eigenvalue weighted by Gasteiger charge is 2.49. The lowest BCUT2D eigenvalue weighted by atomic mass is 9.75. The number of nitrogens with zero attached hydrogens (tertiary/aromatic N) is 6. The smallest absolute Gasteiger partial charge is 0.356 e. The van der Waals surface area contributed by atoms with Gasteiger partial charge in [-0.2, -0.15) is 13.2 Å². The Bertz CT molecular complexity index is 1280. The molecule has 0 amide bonds. The number of alkyl halides is 3. The van der Waals surface area contributed by atoms with Crippen molar-refractivity contribution in [2.45, 2.75) is 19.0 Å². The van der Waals surface area contributed by atoms with E-state index in [0.29, 0.717) is 36.8 Å². The van der Waals surface area contributed by atoms with Crippen LogP contribution in [-0.2, 0) is 16.2 Å². The Kier molecular flexibility index (Phi) is 4.71. The summed E-state index contributed by atoms with van der Waals surface area (Å²) in [6, 6.07) is 4.07. The van der Waals surface area contributed by atoms with Crippen molar-refractivity contribution in [2.75, 3.05) is 37.3 Å². The lowest BCUT2D eigenvalue weighted by Gasteiger charge is -2.53. The third-order valence-corrected chi connectivity index (χ3v) is 7.38. The monoisotopic (exact) mass is 466 g/mol. The standard InChI is InChI=1S/C20H21F3N6O2S/c1-32(30,31)28-12-19(13-28)6-2-8-27(11-19)17-5-7-24-18(26-17)15-9-25-16-4-3-14(10-29(15)16)20(21,22)23/h3-5,7,9-10H,2,6,8,11-13H2,1H3. The molecule has 0 aliphatic carbocycles. The van der Waals surface area contributed by atoms with Gasteiger partial charge < -0.3 is 4.90 Å². The van der Waals surface area contributed by atoms with Crippen molar-refractivity contribution in [3.63, 3.8) is 0 Å². The maximum absolute atomic E-state index is 13.2. The molecule has 12 heteroatoms.